The minimum atomic E-state index is -0.275. The van der Waals surface area contributed by atoms with E-state index in [1.165, 1.54) is 12.1 Å². The van der Waals surface area contributed by atoms with Crippen molar-refractivity contribution < 1.29 is 14.3 Å². The van der Waals surface area contributed by atoms with Crippen molar-refractivity contribution in [2.45, 2.75) is 12.5 Å². The third-order valence-electron chi connectivity index (χ3n) is 4.81. The van der Waals surface area contributed by atoms with Crippen LogP contribution in [0.2, 0.25) is 0 Å². The number of carbonyl (C=O) groups is 1. The van der Waals surface area contributed by atoms with Crippen LogP contribution >= 0.6 is 0 Å². The van der Waals surface area contributed by atoms with Crippen molar-refractivity contribution in [2.24, 2.45) is 0 Å². The molecule has 1 atom stereocenters. The largest absolute Gasteiger partial charge is 0.396 e. The second-order valence-corrected chi connectivity index (χ2v) is 6.49. The molecule has 0 spiro atoms. The number of piperazine rings is 1. The van der Waals surface area contributed by atoms with Crippen LogP contribution in [0.3, 0.4) is 0 Å². The summed E-state index contributed by atoms with van der Waals surface area (Å²) in [4.78, 5) is 16.9. The van der Waals surface area contributed by atoms with Gasteiger partial charge in [0.1, 0.15) is 5.82 Å². The Balaban J connectivity index is 1.78. The number of benzene rings is 2. The lowest BCUT2D eigenvalue weighted by Gasteiger charge is -2.39. The van der Waals surface area contributed by atoms with E-state index in [2.05, 4.69) is 4.90 Å². The molecule has 5 heteroatoms. The fourth-order valence-electron chi connectivity index (χ4n) is 3.25. The van der Waals surface area contributed by atoms with E-state index in [1.54, 1.807) is 12.1 Å². The van der Waals surface area contributed by atoms with E-state index in [0.29, 0.717) is 25.1 Å². The standard InChI is InChI=1S/C20H23FN2O2/c1-22-10-11-23(14-19(22)9-12-24)20(25)17-4-2-3-16(13-17)15-5-7-18(21)8-6-15/h2-8,13,19,24H,9-12,14H2,1H3/t19-/m0/s1. The molecule has 0 aliphatic carbocycles. The Hall–Kier alpha value is -2.24. The van der Waals surface area contributed by atoms with Crippen molar-refractivity contribution in [3.05, 3.63) is 59.9 Å². The first-order valence-corrected chi connectivity index (χ1v) is 8.55. The smallest absolute Gasteiger partial charge is 0.253 e. The second kappa shape index (κ2) is 7.76. The number of hydrogen-bond donors (Lipinski definition) is 1. The number of aliphatic hydroxyl groups excluding tert-OH is 1. The van der Waals surface area contributed by atoms with Gasteiger partial charge in [0.2, 0.25) is 0 Å². The van der Waals surface area contributed by atoms with Crippen LogP contribution in [-0.2, 0) is 0 Å². The van der Waals surface area contributed by atoms with Gasteiger partial charge in [-0.25, -0.2) is 4.39 Å². The predicted octanol–water partition coefficient (Wildman–Crippen LogP) is 2.63. The average Bonchev–Trinajstić information content (AvgIpc) is 2.64. The summed E-state index contributed by atoms with van der Waals surface area (Å²) in [6.45, 7) is 2.22. The van der Waals surface area contributed by atoms with E-state index in [1.807, 2.05) is 36.2 Å². The Kier molecular flexibility index (Phi) is 5.46. The molecular formula is C20H23FN2O2. The van der Waals surface area contributed by atoms with Crippen LogP contribution in [0.4, 0.5) is 4.39 Å². The third kappa shape index (κ3) is 4.06. The summed E-state index contributed by atoms with van der Waals surface area (Å²) in [6.07, 6.45) is 0.663. The normalized spacial score (nSPS) is 18.4. The number of carbonyl (C=O) groups excluding carboxylic acids is 1. The molecule has 1 N–H and O–H groups in total. The van der Waals surface area contributed by atoms with Crippen LogP contribution in [0.5, 0.6) is 0 Å². The first-order chi connectivity index (χ1) is 12.1. The van der Waals surface area contributed by atoms with Gasteiger partial charge in [-0.1, -0.05) is 24.3 Å². The van der Waals surface area contributed by atoms with Crippen LogP contribution in [0.25, 0.3) is 11.1 Å². The maximum Gasteiger partial charge on any atom is 0.253 e. The van der Waals surface area contributed by atoms with E-state index in [4.69, 9.17) is 0 Å². The number of hydrogen-bond acceptors (Lipinski definition) is 3. The average molecular weight is 342 g/mol. The zero-order chi connectivity index (χ0) is 17.8. The molecule has 0 bridgehead atoms. The van der Waals surface area contributed by atoms with Crippen molar-refractivity contribution in [1.29, 1.82) is 0 Å². The Morgan fingerprint density at radius 2 is 1.92 bits per heavy atom. The Morgan fingerprint density at radius 3 is 2.64 bits per heavy atom. The summed E-state index contributed by atoms with van der Waals surface area (Å²) in [5.74, 6) is -0.275. The molecule has 1 fully saturated rings. The monoisotopic (exact) mass is 342 g/mol. The lowest BCUT2D eigenvalue weighted by molar-refractivity contribution is 0.0500. The quantitative estimate of drug-likeness (QED) is 0.929. The zero-order valence-corrected chi connectivity index (χ0v) is 14.4. The van der Waals surface area contributed by atoms with Crippen LogP contribution in [0, 0.1) is 5.82 Å². The van der Waals surface area contributed by atoms with E-state index in [9.17, 15) is 14.3 Å². The first-order valence-electron chi connectivity index (χ1n) is 8.55. The molecule has 1 aliphatic heterocycles. The second-order valence-electron chi connectivity index (χ2n) is 6.49. The highest BCUT2D eigenvalue weighted by Crippen LogP contribution is 2.22. The fraction of sp³-hybridized carbons (Fsp3) is 0.350. The molecule has 132 valence electrons. The van der Waals surface area contributed by atoms with E-state index < -0.39 is 0 Å². The Bertz CT molecular complexity index is 733. The van der Waals surface area contributed by atoms with Gasteiger partial charge in [-0.05, 0) is 48.9 Å². The highest BCUT2D eigenvalue weighted by molar-refractivity contribution is 5.95. The molecule has 1 heterocycles. The first kappa shape index (κ1) is 17.6. The SMILES string of the molecule is CN1CCN(C(=O)c2cccc(-c3ccc(F)cc3)c2)C[C@@H]1CCO. The fourth-order valence-corrected chi connectivity index (χ4v) is 3.25. The lowest BCUT2D eigenvalue weighted by Crippen LogP contribution is -2.53. The van der Waals surface area contributed by atoms with Crippen molar-refractivity contribution in [3.8, 4) is 11.1 Å². The lowest BCUT2D eigenvalue weighted by atomic mass is 10.0. The summed E-state index contributed by atoms with van der Waals surface area (Å²) in [5.41, 5.74) is 2.41. The maximum atomic E-state index is 13.1. The van der Waals surface area contributed by atoms with Gasteiger partial charge in [-0.2, -0.15) is 0 Å². The van der Waals surface area contributed by atoms with Crippen LogP contribution < -0.4 is 0 Å². The topological polar surface area (TPSA) is 43.8 Å². The molecule has 0 radical (unpaired) electrons. The van der Waals surface area contributed by atoms with Gasteiger partial charge in [0, 0.05) is 37.8 Å². The number of aliphatic hydroxyl groups is 1. The summed E-state index contributed by atoms with van der Waals surface area (Å²) in [5, 5.41) is 9.20. The van der Waals surface area contributed by atoms with E-state index >= 15 is 0 Å². The number of amides is 1. The molecule has 25 heavy (non-hydrogen) atoms. The third-order valence-corrected chi connectivity index (χ3v) is 4.81. The Labute approximate surface area is 147 Å². The van der Waals surface area contributed by atoms with Crippen molar-refractivity contribution >= 4 is 5.91 Å². The molecule has 2 aromatic carbocycles. The predicted molar refractivity (Wildman–Crippen MR) is 95.9 cm³/mol. The number of halogens is 1. The summed E-state index contributed by atoms with van der Waals surface area (Å²) >= 11 is 0. The molecule has 0 unspecified atom stereocenters. The van der Waals surface area contributed by atoms with Gasteiger partial charge in [0.05, 0.1) is 0 Å². The molecule has 4 nitrogen and oxygen atoms in total. The van der Waals surface area contributed by atoms with Gasteiger partial charge < -0.3 is 10.0 Å². The van der Waals surface area contributed by atoms with Crippen molar-refractivity contribution in [3.63, 3.8) is 0 Å². The molecular weight excluding hydrogens is 319 g/mol. The molecule has 0 saturated carbocycles. The van der Waals surface area contributed by atoms with Crippen LogP contribution in [0.1, 0.15) is 16.8 Å². The van der Waals surface area contributed by atoms with Crippen LogP contribution in [0.15, 0.2) is 48.5 Å². The van der Waals surface area contributed by atoms with Crippen molar-refractivity contribution in [1.82, 2.24) is 9.80 Å². The van der Waals surface area contributed by atoms with Gasteiger partial charge in [-0.15, -0.1) is 0 Å². The van der Waals surface area contributed by atoms with E-state index in [0.717, 1.165) is 17.7 Å². The zero-order valence-electron chi connectivity index (χ0n) is 14.4. The van der Waals surface area contributed by atoms with E-state index in [-0.39, 0.29) is 24.4 Å². The Morgan fingerprint density at radius 1 is 1.16 bits per heavy atom. The number of nitrogens with zero attached hydrogens (tertiary/aromatic N) is 2. The number of rotatable bonds is 4. The molecule has 1 amide bonds. The minimum absolute atomic E-state index is 0.00000136. The molecule has 3 rings (SSSR count). The summed E-state index contributed by atoms with van der Waals surface area (Å²) in [7, 11) is 2.03. The van der Waals surface area contributed by atoms with Crippen molar-refractivity contribution in [2.75, 3.05) is 33.3 Å². The van der Waals surface area contributed by atoms with Gasteiger partial charge in [0.25, 0.3) is 5.91 Å². The summed E-state index contributed by atoms with van der Waals surface area (Å²) in [6, 6.07) is 13.9. The minimum Gasteiger partial charge on any atom is -0.396 e. The van der Waals surface area contributed by atoms with Gasteiger partial charge in [-0.3, -0.25) is 9.69 Å². The maximum absolute atomic E-state index is 13.1. The number of likely N-dealkylation sites (N-methyl/N-ethyl adjacent to an activating group) is 1. The highest BCUT2D eigenvalue weighted by Gasteiger charge is 2.27. The molecule has 2 aromatic rings. The van der Waals surface area contributed by atoms with Gasteiger partial charge in [0.15, 0.2) is 0 Å². The molecule has 0 aromatic heterocycles. The van der Waals surface area contributed by atoms with Gasteiger partial charge >= 0.3 is 0 Å². The highest BCUT2D eigenvalue weighted by atomic mass is 19.1. The summed E-state index contributed by atoms with van der Waals surface area (Å²) < 4.78 is 13.1. The van der Waals surface area contributed by atoms with Crippen LogP contribution in [-0.4, -0.2) is 60.1 Å². The molecule has 1 aliphatic rings. The molecule has 1 saturated heterocycles.